The number of hydrogen-bond acceptors (Lipinski definition) is 3. The number of hydrogen-bond donors (Lipinski definition) is 2. The molecule has 3 rings (SSSR count). The molecule has 0 saturated heterocycles. The van der Waals surface area contributed by atoms with Gasteiger partial charge in [0.2, 0.25) is 0 Å². The summed E-state index contributed by atoms with van der Waals surface area (Å²) in [6.45, 7) is 0. The number of nitrogens with zero attached hydrogens (tertiary/aromatic N) is 1. The van der Waals surface area contributed by atoms with E-state index in [4.69, 9.17) is 17.3 Å². The van der Waals surface area contributed by atoms with Gasteiger partial charge in [-0.05, 0) is 24.3 Å². The van der Waals surface area contributed by atoms with Gasteiger partial charge in [0.15, 0.2) is 0 Å². The molecule has 0 aliphatic heterocycles. The van der Waals surface area contributed by atoms with Crippen LogP contribution >= 0.6 is 11.6 Å². The molecule has 94 valence electrons. The summed E-state index contributed by atoms with van der Waals surface area (Å²) < 4.78 is 0. The van der Waals surface area contributed by atoms with E-state index in [-0.39, 0.29) is 0 Å². The molecule has 3 N–H and O–H groups in total. The summed E-state index contributed by atoms with van der Waals surface area (Å²) in [6.07, 6.45) is 1.66. The van der Waals surface area contributed by atoms with E-state index in [2.05, 4.69) is 10.3 Å². The minimum atomic E-state index is 0.610. The molecule has 0 fully saturated rings. The number of para-hydroxylation sites is 1. The highest BCUT2D eigenvalue weighted by Crippen LogP contribution is 2.31. The van der Waals surface area contributed by atoms with E-state index in [0.29, 0.717) is 10.7 Å². The Bertz CT molecular complexity index is 740. The normalized spacial score (nSPS) is 10.6. The Balaban J connectivity index is 2.12. The van der Waals surface area contributed by atoms with Crippen LogP contribution in [0.1, 0.15) is 0 Å². The molecule has 0 radical (unpaired) electrons. The number of rotatable bonds is 2. The van der Waals surface area contributed by atoms with E-state index >= 15 is 0 Å². The van der Waals surface area contributed by atoms with Crippen LogP contribution < -0.4 is 11.1 Å². The predicted molar refractivity (Wildman–Crippen MR) is 80.9 cm³/mol. The molecular weight excluding hydrogens is 258 g/mol. The van der Waals surface area contributed by atoms with Crippen LogP contribution in [0, 0.1) is 0 Å². The van der Waals surface area contributed by atoms with Crippen LogP contribution in [0.2, 0.25) is 5.02 Å². The zero-order chi connectivity index (χ0) is 13.2. The Morgan fingerprint density at radius 1 is 1.05 bits per heavy atom. The fourth-order valence-electron chi connectivity index (χ4n) is 2.01. The quantitative estimate of drug-likeness (QED) is 0.732. The zero-order valence-corrected chi connectivity index (χ0v) is 10.9. The van der Waals surface area contributed by atoms with Crippen LogP contribution in [-0.4, -0.2) is 4.98 Å². The van der Waals surface area contributed by atoms with E-state index in [1.165, 1.54) is 0 Å². The number of nitrogen functional groups attached to an aromatic ring is 1. The smallest absolute Gasteiger partial charge is 0.0746 e. The summed E-state index contributed by atoms with van der Waals surface area (Å²) in [5, 5.41) is 4.98. The van der Waals surface area contributed by atoms with E-state index in [0.717, 1.165) is 22.3 Å². The van der Waals surface area contributed by atoms with Gasteiger partial charge in [-0.25, -0.2) is 0 Å². The first-order valence-electron chi connectivity index (χ1n) is 5.90. The van der Waals surface area contributed by atoms with Gasteiger partial charge in [-0.2, -0.15) is 0 Å². The van der Waals surface area contributed by atoms with Crippen molar-refractivity contribution in [2.24, 2.45) is 0 Å². The second-order valence-corrected chi connectivity index (χ2v) is 4.68. The molecule has 0 aliphatic carbocycles. The largest absolute Gasteiger partial charge is 0.396 e. The van der Waals surface area contributed by atoms with E-state index in [1.54, 1.807) is 6.20 Å². The van der Waals surface area contributed by atoms with Crippen molar-refractivity contribution in [3.8, 4) is 0 Å². The number of fused-ring (bicyclic) bond motifs is 1. The van der Waals surface area contributed by atoms with E-state index < -0.39 is 0 Å². The molecule has 0 spiro atoms. The number of nitrogens with one attached hydrogen (secondary N) is 1. The molecule has 1 heterocycles. The monoisotopic (exact) mass is 269 g/mol. The van der Waals surface area contributed by atoms with Crippen molar-refractivity contribution in [1.29, 1.82) is 0 Å². The SMILES string of the molecule is Nc1cnc2ccccc2c1Nc1cccc(Cl)c1. The van der Waals surface area contributed by atoms with Gasteiger partial charge in [0, 0.05) is 16.1 Å². The molecule has 4 heteroatoms. The fourth-order valence-corrected chi connectivity index (χ4v) is 2.20. The number of nitrogens with two attached hydrogens (primary N) is 1. The van der Waals surface area contributed by atoms with Crippen LogP contribution in [-0.2, 0) is 0 Å². The Hall–Kier alpha value is -2.26. The third-order valence-corrected chi connectivity index (χ3v) is 3.13. The summed E-state index contributed by atoms with van der Waals surface area (Å²) in [5.74, 6) is 0. The van der Waals surface area contributed by atoms with Crippen molar-refractivity contribution >= 4 is 39.6 Å². The Labute approximate surface area is 116 Å². The first-order valence-corrected chi connectivity index (χ1v) is 6.27. The molecule has 0 saturated carbocycles. The molecular formula is C15H12ClN3. The van der Waals surface area contributed by atoms with Crippen LogP contribution in [0.3, 0.4) is 0 Å². The van der Waals surface area contributed by atoms with Crippen molar-refractivity contribution in [1.82, 2.24) is 4.98 Å². The van der Waals surface area contributed by atoms with Gasteiger partial charge in [0.05, 0.1) is 23.1 Å². The summed E-state index contributed by atoms with van der Waals surface area (Å²) >= 11 is 5.99. The lowest BCUT2D eigenvalue weighted by Gasteiger charge is -2.12. The third-order valence-electron chi connectivity index (χ3n) is 2.90. The molecule has 3 aromatic rings. The first kappa shape index (κ1) is 11.8. The van der Waals surface area contributed by atoms with Gasteiger partial charge in [-0.3, -0.25) is 4.98 Å². The van der Waals surface area contributed by atoms with Crippen molar-refractivity contribution in [3.63, 3.8) is 0 Å². The fraction of sp³-hybridized carbons (Fsp3) is 0. The maximum Gasteiger partial charge on any atom is 0.0746 e. The lowest BCUT2D eigenvalue weighted by molar-refractivity contribution is 1.40. The number of aromatic nitrogens is 1. The average molecular weight is 270 g/mol. The minimum Gasteiger partial charge on any atom is -0.396 e. The highest BCUT2D eigenvalue weighted by Gasteiger charge is 2.06. The molecule has 19 heavy (non-hydrogen) atoms. The summed E-state index contributed by atoms with van der Waals surface area (Å²) in [4.78, 5) is 4.31. The number of anilines is 3. The van der Waals surface area contributed by atoms with Gasteiger partial charge >= 0.3 is 0 Å². The average Bonchev–Trinajstić information content (AvgIpc) is 2.42. The lowest BCUT2D eigenvalue weighted by atomic mass is 10.1. The van der Waals surface area contributed by atoms with Gasteiger partial charge < -0.3 is 11.1 Å². The van der Waals surface area contributed by atoms with Crippen molar-refractivity contribution < 1.29 is 0 Å². The summed E-state index contributed by atoms with van der Waals surface area (Å²) in [7, 11) is 0. The Morgan fingerprint density at radius 3 is 2.74 bits per heavy atom. The number of pyridine rings is 1. The summed E-state index contributed by atoms with van der Waals surface area (Å²) in [6, 6.07) is 15.4. The van der Waals surface area contributed by atoms with E-state index in [9.17, 15) is 0 Å². The second-order valence-electron chi connectivity index (χ2n) is 4.24. The topological polar surface area (TPSA) is 50.9 Å². The molecule has 0 bridgehead atoms. The molecule has 3 nitrogen and oxygen atoms in total. The minimum absolute atomic E-state index is 0.610. The standard InChI is InChI=1S/C15H12ClN3/c16-10-4-3-5-11(8-10)19-15-12-6-1-2-7-14(12)18-9-13(15)17/h1-9H,17H2,(H,18,19). The van der Waals surface area contributed by atoms with E-state index in [1.807, 2.05) is 48.5 Å². The highest BCUT2D eigenvalue weighted by molar-refractivity contribution is 6.30. The second kappa shape index (κ2) is 4.78. The molecule has 0 unspecified atom stereocenters. The number of benzene rings is 2. The Morgan fingerprint density at radius 2 is 1.89 bits per heavy atom. The molecule has 2 aromatic carbocycles. The Kier molecular flexibility index (Phi) is 2.97. The highest BCUT2D eigenvalue weighted by atomic mass is 35.5. The van der Waals surface area contributed by atoms with Crippen LogP contribution in [0.4, 0.5) is 17.1 Å². The van der Waals surface area contributed by atoms with Gasteiger partial charge in [0.1, 0.15) is 0 Å². The summed E-state index contributed by atoms with van der Waals surface area (Å²) in [5.41, 5.74) is 9.28. The zero-order valence-electron chi connectivity index (χ0n) is 10.1. The van der Waals surface area contributed by atoms with Crippen LogP contribution in [0.15, 0.2) is 54.7 Å². The maximum absolute atomic E-state index is 6.01. The third kappa shape index (κ3) is 2.33. The molecule has 1 aromatic heterocycles. The number of halogens is 1. The van der Waals surface area contributed by atoms with Crippen LogP contribution in [0.5, 0.6) is 0 Å². The van der Waals surface area contributed by atoms with Gasteiger partial charge in [0.25, 0.3) is 0 Å². The van der Waals surface area contributed by atoms with Crippen molar-refractivity contribution in [3.05, 3.63) is 59.8 Å². The molecule has 0 aliphatic rings. The predicted octanol–water partition coefficient (Wildman–Crippen LogP) is 4.21. The molecule has 0 atom stereocenters. The van der Waals surface area contributed by atoms with Crippen LogP contribution in [0.25, 0.3) is 10.9 Å². The molecule has 0 amide bonds. The van der Waals surface area contributed by atoms with Gasteiger partial charge in [-0.15, -0.1) is 0 Å². The lowest BCUT2D eigenvalue weighted by Crippen LogP contribution is -1.98. The van der Waals surface area contributed by atoms with Crippen molar-refractivity contribution in [2.45, 2.75) is 0 Å². The van der Waals surface area contributed by atoms with Gasteiger partial charge in [-0.1, -0.05) is 35.9 Å². The van der Waals surface area contributed by atoms with Crippen molar-refractivity contribution in [2.75, 3.05) is 11.1 Å². The maximum atomic E-state index is 6.01. The first-order chi connectivity index (χ1) is 9.24.